The topological polar surface area (TPSA) is 65.0 Å². The van der Waals surface area contributed by atoms with Crippen LogP contribution in [0.4, 0.5) is 0 Å². The van der Waals surface area contributed by atoms with E-state index in [4.69, 9.17) is 0 Å². The number of hydrogen-bond acceptors (Lipinski definition) is 5. The van der Waals surface area contributed by atoms with E-state index < -0.39 is 0 Å². The van der Waals surface area contributed by atoms with Crippen LogP contribution in [0.15, 0.2) is 18.7 Å². The number of aromatic nitrogens is 3. The second kappa shape index (κ2) is 6.88. The van der Waals surface area contributed by atoms with Crippen molar-refractivity contribution in [2.45, 2.75) is 19.1 Å². The van der Waals surface area contributed by atoms with Gasteiger partial charge < -0.3 is 10.1 Å². The predicted octanol–water partition coefficient (Wildman–Crippen LogP) is 1.50. The molecule has 0 radical (unpaired) electrons. The van der Waals surface area contributed by atoms with Gasteiger partial charge in [0.25, 0.3) is 0 Å². The standard InChI is InChI=1S/C13H20N4OS/c1-17(8-11(18)3-4-19-2)7-10-5-15-12-6-14-9-16-13(10)12/h5-6,9,11,15,18H,3-4,7-8H2,1-2H3. The third-order valence-corrected chi connectivity index (χ3v) is 3.68. The molecule has 6 heteroatoms. The Balaban J connectivity index is 1.93. The number of nitrogens with zero attached hydrogens (tertiary/aromatic N) is 3. The number of fused-ring (bicyclic) bond motifs is 1. The van der Waals surface area contributed by atoms with Crippen LogP contribution in [0.2, 0.25) is 0 Å². The molecule has 2 N–H and O–H groups in total. The summed E-state index contributed by atoms with van der Waals surface area (Å²) in [6, 6.07) is 0. The fourth-order valence-corrected chi connectivity index (χ4v) is 2.61. The molecular weight excluding hydrogens is 260 g/mol. The maximum Gasteiger partial charge on any atom is 0.116 e. The molecule has 0 aromatic carbocycles. The zero-order valence-electron chi connectivity index (χ0n) is 11.3. The van der Waals surface area contributed by atoms with Gasteiger partial charge in [-0.3, -0.25) is 4.90 Å². The van der Waals surface area contributed by atoms with Crippen molar-refractivity contribution in [2.24, 2.45) is 0 Å². The zero-order valence-corrected chi connectivity index (χ0v) is 12.2. The van der Waals surface area contributed by atoms with E-state index in [-0.39, 0.29) is 6.10 Å². The van der Waals surface area contributed by atoms with Gasteiger partial charge in [-0.25, -0.2) is 9.97 Å². The highest BCUT2D eigenvalue weighted by molar-refractivity contribution is 7.98. The second-order valence-electron chi connectivity index (χ2n) is 4.73. The molecule has 5 nitrogen and oxygen atoms in total. The number of nitrogens with one attached hydrogen (secondary N) is 1. The normalized spacial score (nSPS) is 13.3. The van der Waals surface area contributed by atoms with Crippen LogP contribution in [-0.2, 0) is 6.54 Å². The molecule has 0 aliphatic rings. The summed E-state index contributed by atoms with van der Waals surface area (Å²) in [4.78, 5) is 13.6. The lowest BCUT2D eigenvalue weighted by atomic mass is 10.2. The minimum Gasteiger partial charge on any atom is -0.392 e. The van der Waals surface area contributed by atoms with Crippen LogP contribution in [0, 0.1) is 0 Å². The highest BCUT2D eigenvalue weighted by atomic mass is 32.2. The van der Waals surface area contributed by atoms with Crippen LogP contribution in [0.1, 0.15) is 12.0 Å². The number of rotatable bonds is 7. The fraction of sp³-hybridized carbons (Fsp3) is 0.538. The Morgan fingerprint density at radius 3 is 3.16 bits per heavy atom. The minimum absolute atomic E-state index is 0.266. The molecule has 0 bridgehead atoms. The maximum absolute atomic E-state index is 9.90. The average Bonchev–Trinajstić information content (AvgIpc) is 2.80. The van der Waals surface area contributed by atoms with E-state index in [0.29, 0.717) is 6.54 Å². The summed E-state index contributed by atoms with van der Waals surface area (Å²) in [6.45, 7) is 1.45. The lowest BCUT2D eigenvalue weighted by molar-refractivity contribution is 0.120. The molecule has 1 atom stereocenters. The summed E-state index contributed by atoms with van der Waals surface area (Å²) < 4.78 is 0. The van der Waals surface area contributed by atoms with Gasteiger partial charge in [0.1, 0.15) is 6.33 Å². The number of thioether (sulfide) groups is 1. The van der Waals surface area contributed by atoms with Crippen molar-refractivity contribution >= 4 is 22.8 Å². The van der Waals surface area contributed by atoms with Crippen molar-refractivity contribution in [1.29, 1.82) is 0 Å². The van der Waals surface area contributed by atoms with Crippen LogP contribution >= 0.6 is 11.8 Å². The van der Waals surface area contributed by atoms with Crippen molar-refractivity contribution in [2.75, 3.05) is 25.6 Å². The first kappa shape index (κ1) is 14.3. The Morgan fingerprint density at radius 1 is 1.53 bits per heavy atom. The lowest BCUT2D eigenvalue weighted by Gasteiger charge is -2.19. The largest absolute Gasteiger partial charge is 0.392 e. The van der Waals surface area contributed by atoms with Crippen molar-refractivity contribution in [3.05, 3.63) is 24.3 Å². The molecule has 0 saturated carbocycles. The molecule has 19 heavy (non-hydrogen) atoms. The summed E-state index contributed by atoms with van der Waals surface area (Å²) in [7, 11) is 2.02. The predicted molar refractivity (Wildman–Crippen MR) is 79.2 cm³/mol. The molecule has 0 fully saturated rings. The number of aliphatic hydroxyl groups excluding tert-OH is 1. The van der Waals surface area contributed by atoms with Crippen molar-refractivity contribution in [3.63, 3.8) is 0 Å². The van der Waals surface area contributed by atoms with E-state index in [1.165, 1.54) is 0 Å². The summed E-state index contributed by atoms with van der Waals surface area (Å²) in [6.07, 6.45) is 7.93. The van der Waals surface area contributed by atoms with Crippen molar-refractivity contribution in [1.82, 2.24) is 19.9 Å². The highest BCUT2D eigenvalue weighted by Gasteiger charge is 2.11. The van der Waals surface area contributed by atoms with E-state index in [2.05, 4.69) is 26.1 Å². The fourth-order valence-electron chi connectivity index (χ4n) is 2.11. The first-order valence-electron chi connectivity index (χ1n) is 6.32. The summed E-state index contributed by atoms with van der Waals surface area (Å²) >= 11 is 1.76. The Bertz CT molecular complexity index is 516. The van der Waals surface area contributed by atoms with Gasteiger partial charge in [-0.05, 0) is 25.5 Å². The molecule has 0 aliphatic carbocycles. The molecule has 2 rings (SSSR count). The Labute approximate surface area is 117 Å². The quantitative estimate of drug-likeness (QED) is 0.805. The summed E-state index contributed by atoms with van der Waals surface area (Å²) in [5, 5.41) is 9.90. The summed E-state index contributed by atoms with van der Waals surface area (Å²) in [5.41, 5.74) is 3.05. The molecule has 0 aliphatic heterocycles. The molecule has 0 amide bonds. The molecule has 2 heterocycles. The van der Waals surface area contributed by atoms with E-state index in [1.807, 2.05) is 13.2 Å². The van der Waals surface area contributed by atoms with Crippen LogP contribution in [0.5, 0.6) is 0 Å². The number of H-pyrrole nitrogens is 1. The number of aromatic amines is 1. The molecular formula is C13H20N4OS. The third kappa shape index (κ3) is 3.92. The van der Waals surface area contributed by atoms with Gasteiger partial charge in [0.2, 0.25) is 0 Å². The Hall–Kier alpha value is -1.11. The summed E-state index contributed by atoms with van der Waals surface area (Å²) in [5.74, 6) is 0.995. The maximum atomic E-state index is 9.90. The Kier molecular flexibility index (Phi) is 5.18. The molecule has 0 saturated heterocycles. The third-order valence-electron chi connectivity index (χ3n) is 3.04. The van der Waals surface area contributed by atoms with Gasteiger partial charge in [-0.1, -0.05) is 0 Å². The van der Waals surface area contributed by atoms with Gasteiger partial charge in [0.05, 0.1) is 23.3 Å². The zero-order chi connectivity index (χ0) is 13.7. The number of likely N-dealkylation sites (N-methyl/N-ethyl adjacent to an activating group) is 1. The van der Waals surface area contributed by atoms with E-state index in [1.54, 1.807) is 24.3 Å². The first-order valence-corrected chi connectivity index (χ1v) is 7.71. The van der Waals surface area contributed by atoms with Crippen LogP contribution in [0.25, 0.3) is 11.0 Å². The minimum atomic E-state index is -0.266. The average molecular weight is 280 g/mol. The monoisotopic (exact) mass is 280 g/mol. The molecule has 104 valence electrons. The van der Waals surface area contributed by atoms with Gasteiger partial charge in [-0.15, -0.1) is 0 Å². The second-order valence-corrected chi connectivity index (χ2v) is 5.72. The van der Waals surface area contributed by atoms with Crippen molar-refractivity contribution < 1.29 is 5.11 Å². The first-order chi connectivity index (χ1) is 9.20. The SMILES string of the molecule is CSCCC(O)CN(C)Cc1c[nH]c2cncnc12. The van der Waals surface area contributed by atoms with Crippen LogP contribution in [-0.4, -0.2) is 56.7 Å². The van der Waals surface area contributed by atoms with Gasteiger partial charge >= 0.3 is 0 Å². The van der Waals surface area contributed by atoms with Gasteiger partial charge in [0.15, 0.2) is 0 Å². The van der Waals surface area contributed by atoms with E-state index >= 15 is 0 Å². The Morgan fingerprint density at radius 2 is 2.37 bits per heavy atom. The highest BCUT2D eigenvalue weighted by Crippen LogP contribution is 2.15. The van der Waals surface area contributed by atoms with Crippen LogP contribution in [0.3, 0.4) is 0 Å². The van der Waals surface area contributed by atoms with Crippen LogP contribution < -0.4 is 0 Å². The smallest absolute Gasteiger partial charge is 0.116 e. The van der Waals surface area contributed by atoms with E-state index in [9.17, 15) is 5.11 Å². The molecule has 1 unspecified atom stereocenters. The molecule has 0 spiro atoms. The number of aliphatic hydroxyl groups is 1. The molecule has 2 aromatic rings. The number of hydrogen-bond donors (Lipinski definition) is 2. The van der Waals surface area contributed by atoms with Gasteiger partial charge in [-0.2, -0.15) is 11.8 Å². The van der Waals surface area contributed by atoms with Crippen molar-refractivity contribution in [3.8, 4) is 0 Å². The van der Waals surface area contributed by atoms with Gasteiger partial charge in [0, 0.05) is 24.8 Å². The van der Waals surface area contributed by atoms with E-state index in [0.717, 1.165) is 35.3 Å². The molecule has 2 aromatic heterocycles. The lowest BCUT2D eigenvalue weighted by Crippen LogP contribution is -2.29.